The van der Waals surface area contributed by atoms with Crippen LogP contribution in [0.4, 0.5) is 0 Å². The number of carbonyl (C=O) groups is 1. The summed E-state index contributed by atoms with van der Waals surface area (Å²) in [5.41, 5.74) is 0.883. The first-order chi connectivity index (χ1) is 7.66. The standard InChI is InChI=1S/C11H12Cl2N2O/c12-9-5-10(13)15-6-8(9)4-7-2-1-3-14-11(7)16/h5-7H,1-4H2,(H,14,16). The minimum absolute atomic E-state index is 0.00854. The fraction of sp³-hybridized carbons (Fsp3) is 0.455. The van der Waals surface area contributed by atoms with Crippen molar-refractivity contribution < 1.29 is 4.79 Å². The summed E-state index contributed by atoms with van der Waals surface area (Å²) in [4.78, 5) is 15.6. The number of amides is 1. The van der Waals surface area contributed by atoms with Crippen LogP contribution in [-0.2, 0) is 11.2 Å². The van der Waals surface area contributed by atoms with Crippen molar-refractivity contribution >= 4 is 29.1 Å². The predicted octanol–water partition coefficient (Wildman–Crippen LogP) is 2.46. The Hall–Kier alpha value is -0.800. The third-order valence-electron chi connectivity index (χ3n) is 2.76. The van der Waals surface area contributed by atoms with Gasteiger partial charge < -0.3 is 5.32 Å². The molecule has 1 aliphatic heterocycles. The maximum absolute atomic E-state index is 11.6. The van der Waals surface area contributed by atoms with Crippen LogP contribution in [0.25, 0.3) is 0 Å². The zero-order chi connectivity index (χ0) is 11.5. The molecular formula is C11H12Cl2N2O. The molecule has 1 amide bonds. The van der Waals surface area contributed by atoms with Crippen molar-refractivity contribution in [2.24, 2.45) is 5.92 Å². The molecule has 1 aliphatic rings. The van der Waals surface area contributed by atoms with Crippen LogP contribution in [0.2, 0.25) is 10.2 Å². The fourth-order valence-electron chi connectivity index (χ4n) is 1.88. The molecule has 5 heteroatoms. The molecule has 0 saturated carbocycles. The molecule has 1 aromatic rings. The summed E-state index contributed by atoms with van der Waals surface area (Å²) in [6, 6.07) is 1.61. The van der Waals surface area contributed by atoms with Gasteiger partial charge in [-0.2, -0.15) is 0 Å². The number of hydrogen-bond donors (Lipinski definition) is 1. The van der Waals surface area contributed by atoms with Gasteiger partial charge in [-0.05, 0) is 30.9 Å². The quantitative estimate of drug-likeness (QED) is 0.829. The van der Waals surface area contributed by atoms with Gasteiger partial charge in [0, 0.05) is 23.7 Å². The largest absolute Gasteiger partial charge is 0.356 e. The monoisotopic (exact) mass is 258 g/mol. The highest BCUT2D eigenvalue weighted by Crippen LogP contribution is 2.24. The van der Waals surface area contributed by atoms with Crippen molar-refractivity contribution in [2.75, 3.05) is 6.54 Å². The van der Waals surface area contributed by atoms with E-state index < -0.39 is 0 Å². The highest BCUT2D eigenvalue weighted by atomic mass is 35.5. The van der Waals surface area contributed by atoms with E-state index >= 15 is 0 Å². The van der Waals surface area contributed by atoms with E-state index in [0.717, 1.165) is 24.9 Å². The fourth-order valence-corrected chi connectivity index (χ4v) is 2.32. The summed E-state index contributed by atoms with van der Waals surface area (Å²) >= 11 is 11.8. The van der Waals surface area contributed by atoms with Gasteiger partial charge in [0.05, 0.1) is 0 Å². The van der Waals surface area contributed by atoms with E-state index in [2.05, 4.69) is 10.3 Å². The molecule has 0 spiro atoms. The highest BCUT2D eigenvalue weighted by molar-refractivity contribution is 6.34. The molecule has 1 aromatic heterocycles. The van der Waals surface area contributed by atoms with Crippen molar-refractivity contribution in [1.82, 2.24) is 10.3 Å². The molecule has 0 bridgehead atoms. The second-order valence-electron chi connectivity index (χ2n) is 3.93. The summed E-state index contributed by atoms with van der Waals surface area (Å²) in [6.45, 7) is 0.780. The molecule has 2 heterocycles. The Morgan fingerprint density at radius 3 is 3.00 bits per heavy atom. The predicted molar refractivity (Wildman–Crippen MR) is 63.7 cm³/mol. The van der Waals surface area contributed by atoms with E-state index in [0.29, 0.717) is 16.6 Å². The Morgan fingerprint density at radius 2 is 2.31 bits per heavy atom. The van der Waals surface area contributed by atoms with Crippen LogP contribution in [0.15, 0.2) is 12.3 Å². The lowest BCUT2D eigenvalue weighted by Crippen LogP contribution is -2.37. The van der Waals surface area contributed by atoms with Crippen molar-refractivity contribution in [1.29, 1.82) is 0 Å². The average molecular weight is 259 g/mol. The maximum atomic E-state index is 11.6. The van der Waals surface area contributed by atoms with Gasteiger partial charge in [-0.25, -0.2) is 4.98 Å². The van der Waals surface area contributed by atoms with Gasteiger partial charge in [0.15, 0.2) is 0 Å². The number of nitrogens with one attached hydrogen (secondary N) is 1. The lowest BCUT2D eigenvalue weighted by Gasteiger charge is -2.21. The topological polar surface area (TPSA) is 42.0 Å². The summed E-state index contributed by atoms with van der Waals surface area (Å²) in [6.07, 6.45) is 4.21. The summed E-state index contributed by atoms with van der Waals surface area (Å²) in [5, 5.41) is 3.81. The zero-order valence-electron chi connectivity index (χ0n) is 8.67. The maximum Gasteiger partial charge on any atom is 0.223 e. The molecule has 3 nitrogen and oxygen atoms in total. The lowest BCUT2D eigenvalue weighted by molar-refractivity contribution is -0.126. The van der Waals surface area contributed by atoms with E-state index in [-0.39, 0.29) is 11.8 Å². The summed E-state index contributed by atoms with van der Waals surface area (Å²) < 4.78 is 0. The number of carbonyl (C=O) groups excluding carboxylic acids is 1. The molecular weight excluding hydrogens is 247 g/mol. The van der Waals surface area contributed by atoms with Gasteiger partial charge in [0.1, 0.15) is 5.15 Å². The van der Waals surface area contributed by atoms with Gasteiger partial charge in [-0.15, -0.1) is 0 Å². The summed E-state index contributed by atoms with van der Waals surface area (Å²) in [5.74, 6) is 0.117. The Bertz CT molecular complexity index is 409. The van der Waals surface area contributed by atoms with Crippen LogP contribution in [-0.4, -0.2) is 17.4 Å². The number of hydrogen-bond acceptors (Lipinski definition) is 2. The van der Waals surface area contributed by atoms with E-state index in [9.17, 15) is 4.79 Å². The van der Waals surface area contributed by atoms with Crippen LogP contribution in [0.5, 0.6) is 0 Å². The molecule has 86 valence electrons. The highest BCUT2D eigenvalue weighted by Gasteiger charge is 2.23. The molecule has 1 saturated heterocycles. The second-order valence-corrected chi connectivity index (χ2v) is 4.73. The van der Waals surface area contributed by atoms with Crippen molar-refractivity contribution in [3.8, 4) is 0 Å². The minimum Gasteiger partial charge on any atom is -0.356 e. The van der Waals surface area contributed by atoms with Crippen LogP contribution in [0.3, 0.4) is 0 Å². The van der Waals surface area contributed by atoms with Crippen molar-refractivity contribution in [3.63, 3.8) is 0 Å². The van der Waals surface area contributed by atoms with Gasteiger partial charge >= 0.3 is 0 Å². The van der Waals surface area contributed by atoms with Crippen LogP contribution >= 0.6 is 23.2 Å². The minimum atomic E-state index is 0.00854. The van der Waals surface area contributed by atoms with Crippen LogP contribution < -0.4 is 5.32 Å². The molecule has 16 heavy (non-hydrogen) atoms. The van der Waals surface area contributed by atoms with E-state index in [1.165, 1.54) is 0 Å². The van der Waals surface area contributed by atoms with Gasteiger partial charge in [0.2, 0.25) is 5.91 Å². The van der Waals surface area contributed by atoms with Crippen LogP contribution in [0.1, 0.15) is 18.4 Å². The third-order valence-corrected chi connectivity index (χ3v) is 3.32. The Balaban J connectivity index is 2.10. The molecule has 0 aromatic carbocycles. The van der Waals surface area contributed by atoms with Gasteiger partial charge in [-0.3, -0.25) is 4.79 Å². The normalized spacial score (nSPS) is 20.6. The number of halogens is 2. The smallest absolute Gasteiger partial charge is 0.223 e. The molecule has 0 radical (unpaired) electrons. The third kappa shape index (κ3) is 2.66. The van der Waals surface area contributed by atoms with E-state index in [1.54, 1.807) is 12.3 Å². The number of nitrogens with zero attached hydrogens (tertiary/aromatic N) is 1. The molecule has 2 rings (SSSR count). The Morgan fingerprint density at radius 1 is 1.50 bits per heavy atom. The molecule has 1 fully saturated rings. The molecule has 0 aliphatic carbocycles. The number of aromatic nitrogens is 1. The number of piperidine rings is 1. The van der Waals surface area contributed by atoms with E-state index in [4.69, 9.17) is 23.2 Å². The number of rotatable bonds is 2. The first kappa shape index (κ1) is 11.7. The first-order valence-corrected chi connectivity index (χ1v) is 6.00. The molecule has 1 unspecified atom stereocenters. The number of pyridine rings is 1. The van der Waals surface area contributed by atoms with Crippen molar-refractivity contribution in [2.45, 2.75) is 19.3 Å². The lowest BCUT2D eigenvalue weighted by atomic mass is 9.92. The van der Waals surface area contributed by atoms with Gasteiger partial charge in [0.25, 0.3) is 0 Å². The average Bonchev–Trinajstić information content (AvgIpc) is 2.25. The first-order valence-electron chi connectivity index (χ1n) is 5.24. The van der Waals surface area contributed by atoms with Crippen molar-refractivity contribution in [3.05, 3.63) is 28.0 Å². The SMILES string of the molecule is O=C1NCCCC1Cc1cnc(Cl)cc1Cl. The zero-order valence-corrected chi connectivity index (χ0v) is 10.2. The van der Waals surface area contributed by atoms with Gasteiger partial charge in [-0.1, -0.05) is 23.2 Å². The van der Waals surface area contributed by atoms with E-state index in [1.807, 2.05) is 0 Å². The summed E-state index contributed by atoms with van der Waals surface area (Å²) in [7, 11) is 0. The Labute approximate surface area is 104 Å². The molecule has 1 N–H and O–H groups in total. The molecule has 1 atom stereocenters. The Kier molecular flexibility index (Phi) is 3.66. The van der Waals surface area contributed by atoms with Crippen LogP contribution in [0, 0.1) is 5.92 Å². The second kappa shape index (κ2) is 5.02.